The summed E-state index contributed by atoms with van der Waals surface area (Å²) >= 11 is 0. The fourth-order valence-electron chi connectivity index (χ4n) is 2.92. The molecule has 2 heterocycles. The van der Waals surface area contributed by atoms with Gasteiger partial charge in [0.15, 0.2) is 5.60 Å². The summed E-state index contributed by atoms with van der Waals surface area (Å²) in [4.78, 5) is 24.4. The van der Waals surface area contributed by atoms with Crippen LogP contribution in [-0.4, -0.2) is 26.5 Å². The Balaban J connectivity index is 1.75. The summed E-state index contributed by atoms with van der Waals surface area (Å²) in [7, 11) is 0. The molecular formula is C21H24N4O2. The van der Waals surface area contributed by atoms with Crippen molar-refractivity contribution < 1.29 is 9.53 Å². The number of aromatic nitrogens is 3. The van der Waals surface area contributed by atoms with Crippen LogP contribution in [0.3, 0.4) is 0 Å². The Kier molecular flexibility index (Phi) is 4.99. The highest BCUT2D eigenvalue weighted by Crippen LogP contribution is 2.29. The van der Waals surface area contributed by atoms with Crippen molar-refractivity contribution in [1.82, 2.24) is 15.0 Å². The number of carbonyl (C=O) groups is 1. The SMILES string of the molecule is Cc1cc(C)c(OC(C)(C)C(=O)Nc2nc(-c3ccccn3)c[nH]2)c(C)c1. The second kappa shape index (κ2) is 7.23. The van der Waals surface area contributed by atoms with Gasteiger partial charge in [-0.25, -0.2) is 4.98 Å². The number of aryl methyl sites for hydroxylation is 3. The van der Waals surface area contributed by atoms with Gasteiger partial charge in [-0.05, 0) is 57.9 Å². The van der Waals surface area contributed by atoms with E-state index in [1.54, 1.807) is 26.2 Å². The first-order chi connectivity index (χ1) is 12.8. The van der Waals surface area contributed by atoms with E-state index in [1.165, 1.54) is 0 Å². The average molecular weight is 364 g/mol. The second-order valence-electron chi connectivity index (χ2n) is 7.14. The number of imidazole rings is 1. The fourth-order valence-corrected chi connectivity index (χ4v) is 2.92. The summed E-state index contributed by atoms with van der Waals surface area (Å²) in [6.07, 6.45) is 3.41. The van der Waals surface area contributed by atoms with E-state index in [2.05, 4.69) is 20.3 Å². The van der Waals surface area contributed by atoms with E-state index >= 15 is 0 Å². The number of rotatable bonds is 5. The third-order valence-electron chi connectivity index (χ3n) is 4.25. The first-order valence-corrected chi connectivity index (χ1v) is 8.81. The van der Waals surface area contributed by atoms with E-state index in [0.29, 0.717) is 11.6 Å². The Hall–Kier alpha value is -3.15. The van der Waals surface area contributed by atoms with Crippen molar-refractivity contribution in [3.63, 3.8) is 0 Å². The lowest BCUT2D eigenvalue weighted by Gasteiger charge is -2.27. The zero-order chi connectivity index (χ0) is 19.6. The first-order valence-electron chi connectivity index (χ1n) is 8.81. The predicted molar refractivity (Wildman–Crippen MR) is 106 cm³/mol. The number of carbonyl (C=O) groups excluding carboxylic acids is 1. The van der Waals surface area contributed by atoms with Crippen molar-refractivity contribution >= 4 is 11.9 Å². The molecule has 0 saturated heterocycles. The number of benzene rings is 1. The van der Waals surface area contributed by atoms with Gasteiger partial charge in [0.05, 0.1) is 5.69 Å². The van der Waals surface area contributed by atoms with Crippen LogP contribution in [0, 0.1) is 20.8 Å². The third-order valence-corrected chi connectivity index (χ3v) is 4.25. The molecule has 0 aliphatic rings. The summed E-state index contributed by atoms with van der Waals surface area (Å²) in [5.74, 6) is 0.799. The summed E-state index contributed by atoms with van der Waals surface area (Å²) in [6.45, 7) is 9.48. The van der Waals surface area contributed by atoms with Crippen molar-refractivity contribution in [2.45, 2.75) is 40.2 Å². The molecule has 0 aliphatic carbocycles. The summed E-state index contributed by atoms with van der Waals surface area (Å²) in [5.41, 5.74) is 3.50. The molecule has 1 aromatic carbocycles. The van der Waals surface area contributed by atoms with Gasteiger partial charge >= 0.3 is 0 Å². The zero-order valence-electron chi connectivity index (χ0n) is 16.3. The molecule has 27 heavy (non-hydrogen) atoms. The van der Waals surface area contributed by atoms with Gasteiger partial charge in [-0.2, -0.15) is 0 Å². The highest BCUT2D eigenvalue weighted by atomic mass is 16.5. The van der Waals surface area contributed by atoms with E-state index in [0.717, 1.165) is 28.1 Å². The molecule has 0 bridgehead atoms. The monoisotopic (exact) mass is 364 g/mol. The molecule has 0 saturated carbocycles. The number of aromatic amines is 1. The third kappa shape index (κ3) is 4.16. The minimum Gasteiger partial charge on any atom is -0.477 e. The molecule has 140 valence electrons. The minimum absolute atomic E-state index is 0.288. The van der Waals surface area contributed by atoms with Crippen LogP contribution in [-0.2, 0) is 4.79 Å². The smallest absolute Gasteiger partial charge is 0.270 e. The fraction of sp³-hybridized carbons (Fsp3) is 0.286. The van der Waals surface area contributed by atoms with Crippen molar-refractivity contribution in [3.05, 3.63) is 59.4 Å². The lowest BCUT2D eigenvalue weighted by molar-refractivity contribution is -0.128. The van der Waals surface area contributed by atoms with Gasteiger partial charge in [0.25, 0.3) is 5.91 Å². The number of amides is 1. The zero-order valence-corrected chi connectivity index (χ0v) is 16.3. The minimum atomic E-state index is -1.07. The van der Waals surface area contributed by atoms with Gasteiger partial charge < -0.3 is 9.72 Å². The molecule has 3 aromatic rings. The topological polar surface area (TPSA) is 79.9 Å². The van der Waals surface area contributed by atoms with Gasteiger partial charge in [0.1, 0.15) is 11.4 Å². The molecule has 0 aliphatic heterocycles. The Bertz CT molecular complexity index is 938. The van der Waals surface area contributed by atoms with E-state index in [-0.39, 0.29) is 5.91 Å². The lowest BCUT2D eigenvalue weighted by atomic mass is 10.0. The number of pyridine rings is 1. The van der Waals surface area contributed by atoms with Gasteiger partial charge in [-0.3, -0.25) is 15.1 Å². The number of ether oxygens (including phenoxy) is 1. The highest BCUT2D eigenvalue weighted by Gasteiger charge is 2.31. The number of hydrogen-bond donors (Lipinski definition) is 2. The van der Waals surface area contributed by atoms with Crippen molar-refractivity contribution in [2.24, 2.45) is 0 Å². The molecule has 0 spiro atoms. The standard InChI is InChI=1S/C21H24N4O2/c1-13-10-14(2)18(15(3)11-13)27-21(4,5)19(26)25-20-23-12-17(24-20)16-8-6-7-9-22-16/h6-12H,1-5H3,(H2,23,24,25,26). The molecule has 6 nitrogen and oxygen atoms in total. The molecule has 0 radical (unpaired) electrons. The quantitative estimate of drug-likeness (QED) is 0.711. The molecule has 0 fully saturated rings. The van der Waals surface area contributed by atoms with E-state index < -0.39 is 5.60 Å². The molecule has 0 atom stereocenters. The molecule has 6 heteroatoms. The summed E-state index contributed by atoms with van der Waals surface area (Å²) in [6, 6.07) is 9.67. The maximum absolute atomic E-state index is 12.8. The first kappa shape index (κ1) is 18.6. The summed E-state index contributed by atoms with van der Waals surface area (Å²) in [5, 5.41) is 2.78. The highest BCUT2D eigenvalue weighted by molar-refractivity contribution is 5.95. The Labute approximate surface area is 159 Å². The van der Waals surface area contributed by atoms with Gasteiger partial charge in [0, 0.05) is 12.4 Å². The maximum Gasteiger partial charge on any atom is 0.270 e. The largest absolute Gasteiger partial charge is 0.477 e. The summed E-state index contributed by atoms with van der Waals surface area (Å²) < 4.78 is 6.08. The Morgan fingerprint density at radius 3 is 2.44 bits per heavy atom. The average Bonchev–Trinajstić information content (AvgIpc) is 3.07. The van der Waals surface area contributed by atoms with E-state index in [4.69, 9.17) is 4.74 Å². The van der Waals surface area contributed by atoms with Crippen LogP contribution in [0.5, 0.6) is 5.75 Å². The van der Waals surface area contributed by atoms with Crippen LogP contribution in [0.4, 0.5) is 5.95 Å². The van der Waals surface area contributed by atoms with E-state index in [1.807, 2.05) is 51.1 Å². The number of nitrogens with one attached hydrogen (secondary N) is 2. The van der Waals surface area contributed by atoms with Crippen LogP contribution in [0.2, 0.25) is 0 Å². The molecule has 2 aromatic heterocycles. The molecule has 3 rings (SSSR count). The lowest BCUT2D eigenvalue weighted by Crippen LogP contribution is -2.43. The van der Waals surface area contributed by atoms with Gasteiger partial charge in [-0.15, -0.1) is 0 Å². The predicted octanol–water partition coefficient (Wildman–Crippen LogP) is 4.19. The molecular weight excluding hydrogens is 340 g/mol. The number of nitrogens with zero attached hydrogens (tertiary/aromatic N) is 2. The number of hydrogen-bond acceptors (Lipinski definition) is 4. The Morgan fingerprint density at radius 1 is 1.11 bits per heavy atom. The van der Waals surface area contributed by atoms with Gasteiger partial charge in [0.2, 0.25) is 5.95 Å². The second-order valence-corrected chi connectivity index (χ2v) is 7.14. The van der Waals surface area contributed by atoms with Crippen molar-refractivity contribution in [3.8, 4) is 17.1 Å². The molecule has 0 unspecified atom stereocenters. The molecule has 1 amide bonds. The van der Waals surface area contributed by atoms with Crippen LogP contribution < -0.4 is 10.1 Å². The van der Waals surface area contributed by atoms with Crippen LogP contribution in [0.25, 0.3) is 11.4 Å². The normalized spacial score (nSPS) is 11.3. The van der Waals surface area contributed by atoms with Crippen LogP contribution in [0.15, 0.2) is 42.7 Å². The van der Waals surface area contributed by atoms with Gasteiger partial charge in [-0.1, -0.05) is 23.8 Å². The van der Waals surface area contributed by atoms with Crippen LogP contribution in [0.1, 0.15) is 30.5 Å². The molecule has 2 N–H and O–H groups in total. The van der Waals surface area contributed by atoms with Crippen LogP contribution >= 0.6 is 0 Å². The number of anilines is 1. The van der Waals surface area contributed by atoms with E-state index in [9.17, 15) is 4.79 Å². The maximum atomic E-state index is 12.8. The van der Waals surface area contributed by atoms with Crippen molar-refractivity contribution in [1.29, 1.82) is 0 Å². The van der Waals surface area contributed by atoms with Crippen molar-refractivity contribution in [2.75, 3.05) is 5.32 Å². The Morgan fingerprint density at radius 2 is 1.81 bits per heavy atom. The number of H-pyrrole nitrogens is 1.